The van der Waals surface area contributed by atoms with E-state index in [1.54, 1.807) is 9.80 Å². The van der Waals surface area contributed by atoms with E-state index in [1.807, 2.05) is 4.68 Å². The number of benzene rings is 1. The van der Waals surface area contributed by atoms with E-state index in [0.29, 0.717) is 6.04 Å². The summed E-state index contributed by atoms with van der Waals surface area (Å²) in [7, 11) is 0. The molecular formula is C22H36N6O+2. The van der Waals surface area contributed by atoms with Crippen molar-refractivity contribution in [3.63, 3.8) is 0 Å². The summed E-state index contributed by atoms with van der Waals surface area (Å²) < 4.78 is 7.87. The van der Waals surface area contributed by atoms with Crippen LogP contribution in [-0.2, 0) is 17.8 Å². The Labute approximate surface area is 174 Å². The first kappa shape index (κ1) is 20.4. The first-order valence-electron chi connectivity index (χ1n) is 11.4. The lowest BCUT2D eigenvalue weighted by Gasteiger charge is -2.34. The maximum Gasteiger partial charge on any atom is 0.209 e. The number of hydrogen-bond donors (Lipinski definition) is 2. The smallest absolute Gasteiger partial charge is 0.209 e. The van der Waals surface area contributed by atoms with Crippen LogP contribution in [0.3, 0.4) is 0 Å². The Kier molecular flexibility index (Phi) is 7.24. The highest BCUT2D eigenvalue weighted by Gasteiger charge is 2.34. The van der Waals surface area contributed by atoms with Crippen molar-refractivity contribution in [1.29, 1.82) is 0 Å². The van der Waals surface area contributed by atoms with Crippen LogP contribution in [0.1, 0.15) is 56.5 Å². The number of quaternary nitrogens is 2. The number of piperazine rings is 1. The number of aromatic nitrogens is 4. The van der Waals surface area contributed by atoms with Crippen molar-refractivity contribution < 1.29 is 14.5 Å². The molecule has 2 atom stereocenters. The van der Waals surface area contributed by atoms with Crippen molar-refractivity contribution in [2.45, 2.75) is 64.3 Å². The zero-order valence-electron chi connectivity index (χ0n) is 17.7. The van der Waals surface area contributed by atoms with Gasteiger partial charge in [-0.2, -0.15) is 0 Å². The summed E-state index contributed by atoms with van der Waals surface area (Å²) in [6.45, 7) is 9.85. The number of tetrazole rings is 1. The van der Waals surface area contributed by atoms with E-state index in [4.69, 9.17) is 4.74 Å². The molecule has 0 radical (unpaired) electrons. The highest BCUT2D eigenvalue weighted by Crippen LogP contribution is 2.18. The minimum Gasteiger partial charge on any atom is -0.376 e. The lowest BCUT2D eigenvalue weighted by molar-refractivity contribution is -1.03. The fourth-order valence-electron chi connectivity index (χ4n) is 4.83. The zero-order valence-corrected chi connectivity index (χ0v) is 17.7. The molecule has 0 spiro atoms. The fraction of sp³-hybridized carbons (Fsp3) is 0.682. The molecule has 4 rings (SSSR count). The van der Waals surface area contributed by atoms with Crippen LogP contribution in [0, 0.1) is 0 Å². The Morgan fingerprint density at radius 1 is 1.17 bits per heavy atom. The molecule has 158 valence electrons. The van der Waals surface area contributed by atoms with Crippen LogP contribution in [0.25, 0.3) is 0 Å². The number of hydrogen-bond acceptors (Lipinski definition) is 4. The molecule has 7 heteroatoms. The molecule has 1 aromatic carbocycles. The predicted molar refractivity (Wildman–Crippen MR) is 111 cm³/mol. The van der Waals surface area contributed by atoms with Crippen LogP contribution >= 0.6 is 0 Å². The van der Waals surface area contributed by atoms with E-state index in [2.05, 4.69) is 52.8 Å². The third-order valence-electron chi connectivity index (χ3n) is 6.51. The molecule has 3 heterocycles. The van der Waals surface area contributed by atoms with Gasteiger partial charge < -0.3 is 14.5 Å². The van der Waals surface area contributed by atoms with Crippen molar-refractivity contribution in [3.05, 3.63) is 41.7 Å². The molecule has 1 aromatic heterocycles. The van der Waals surface area contributed by atoms with Crippen LogP contribution in [-0.4, -0.2) is 59.1 Å². The molecule has 2 saturated heterocycles. The van der Waals surface area contributed by atoms with Crippen molar-refractivity contribution >= 4 is 0 Å². The van der Waals surface area contributed by atoms with Crippen molar-refractivity contribution in [2.75, 3.05) is 32.8 Å². The Hall–Kier alpha value is -1.83. The molecule has 2 fully saturated rings. The number of rotatable bonds is 9. The topological polar surface area (TPSA) is 61.7 Å². The van der Waals surface area contributed by atoms with Gasteiger partial charge in [0, 0.05) is 18.6 Å². The summed E-state index contributed by atoms with van der Waals surface area (Å²) in [6.07, 6.45) is 6.13. The van der Waals surface area contributed by atoms with Crippen LogP contribution in [0.15, 0.2) is 30.3 Å². The van der Waals surface area contributed by atoms with Gasteiger partial charge >= 0.3 is 0 Å². The zero-order chi connectivity index (χ0) is 19.9. The third kappa shape index (κ3) is 5.41. The summed E-state index contributed by atoms with van der Waals surface area (Å²) in [5.74, 6) is 1.07. The van der Waals surface area contributed by atoms with Crippen molar-refractivity contribution in [1.82, 2.24) is 20.2 Å². The average Bonchev–Trinajstić information content (AvgIpc) is 3.43. The van der Waals surface area contributed by atoms with E-state index in [-0.39, 0.29) is 6.10 Å². The maximum atomic E-state index is 5.83. The van der Waals surface area contributed by atoms with Crippen molar-refractivity contribution in [2.24, 2.45) is 0 Å². The highest BCUT2D eigenvalue weighted by atomic mass is 16.5. The molecule has 0 aliphatic carbocycles. The van der Waals surface area contributed by atoms with Gasteiger partial charge in [-0.25, -0.2) is 4.68 Å². The van der Waals surface area contributed by atoms with E-state index in [1.165, 1.54) is 44.6 Å². The largest absolute Gasteiger partial charge is 0.376 e. The minimum absolute atomic E-state index is 0.270. The van der Waals surface area contributed by atoms with Gasteiger partial charge in [0.05, 0.1) is 12.6 Å². The second-order valence-electron chi connectivity index (χ2n) is 8.62. The van der Waals surface area contributed by atoms with Gasteiger partial charge in [-0.05, 0) is 29.7 Å². The van der Waals surface area contributed by atoms with Crippen molar-refractivity contribution in [3.8, 4) is 0 Å². The predicted octanol–water partition coefficient (Wildman–Crippen LogP) is 0.0670. The molecule has 0 unspecified atom stereocenters. The van der Waals surface area contributed by atoms with Gasteiger partial charge in [0.1, 0.15) is 38.8 Å². The Morgan fingerprint density at radius 3 is 2.72 bits per heavy atom. The number of nitrogens with zero attached hydrogens (tertiary/aromatic N) is 4. The van der Waals surface area contributed by atoms with Crippen LogP contribution in [0.5, 0.6) is 0 Å². The molecule has 2 N–H and O–H groups in total. The second kappa shape index (κ2) is 10.3. The maximum absolute atomic E-state index is 5.83. The van der Waals surface area contributed by atoms with E-state index >= 15 is 0 Å². The normalized spacial score (nSPS) is 25.9. The van der Waals surface area contributed by atoms with E-state index in [0.717, 1.165) is 44.8 Å². The molecule has 2 aliphatic rings. The lowest BCUT2D eigenvalue weighted by atomic mass is 10.1. The first-order valence-corrected chi connectivity index (χ1v) is 11.4. The average molecular weight is 401 g/mol. The molecule has 0 amide bonds. The SMILES string of the molecule is CCCC[C@H](c1nnnn1C[C@H]1CCCO1)[NH+]1CC[NH+](Cc2ccccc2)CC1. The van der Waals surface area contributed by atoms with Crippen LogP contribution in [0.4, 0.5) is 0 Å². The van der Waals surface area contributed by atoms with Gasteiger partial charge in [-0.3, -0.25) is 0 Å². The third-order valence-corrected chi connectivity index (χ3v) is 6.51. The van der Waals surface area contributed by atoms with Gasteiger partial charge in [-0.1, -0.05) is 43.7 Å². The summed E-state index contributed by atoms with van der Waals surface area (Å²) in [5, 5.41) is 12.9. The molecule has 2 aromatic rings. The Bertz CT molecular complexity index is 722. The quantitative estimate of drug-likeness (QED) is 0.625. The van der Waals surface area contributed by atoms with Gasteiger partial charge in [0.25, 0.3) is 0 Å². The van der Waals surface area contributed by atoms with E-state index in [9.17, 15) is 0 Å². The van der Waals surface area contributed by atoms with Gasteiger partial charge in [0.15, 0.2) is 0 Å². The summed E-state index contributed by atoms with van der Waals surface area (Å²) in [6, 6.07) is 11.3. The minimum atomic E-state index is 0.270. The molecule has 0 bridgehead atoms. The standard InChI is InChI=1S/C22H34N6O/c1-2-3-11-21(22-23-24-25-28(22)18-20-10-7-16-29-20)27-14-12-26(13-15-27)17-19-8-5-4-6-9-19/h4-6,8-9,20-21H,2-3,7,10-18H2,1H3/p+2/t20-,21-/m1/s1. The number of unbranched alkanes of at least 4 members (excludes halogenated alkanes) is 1. The molecular weight excluding hydrogens is 364 g/mol. The summed E-state index contributed by atoms with van der Waals surface area (Å²) >= 11 is 0. The van der Waals surface area contributed by atoms with Gasteiger partial charge in [0.2, 0.25) is 5.82 Å². The van der Waals surface area contributed by atoms with Gasteiger partial charge in [-0.15, -0.1) is 5.10 Å². The fourth-order valence-corrected chi connectivity index (χ4v) is 4.83. The molecule has 7 nitrogen and oxygen atoms in total. The summed E-state index contributed by atoms with van der Waals surface area (Å²) in [4.78, 5) is 3.34. The number of ether oxygens (including phenoxy) is 1. The molecule has 29 heavy (non-hydrogen) atoms. The van der Waals surface area contributed by atoms with E-state index < -0.39 is 0 Å². The van der Waals surface area contributed by atoms with Crippen LogP contribution < -0.4 is 9.80 Å². The molecule has 2 aliphatic heterocycles. The Morgan fingerprint density at radius 2 is 2.00 bits per heavy atom. The summed E-state index contributed by atoms with van der Waals surface area (Å²) in [5.41, 5.74) is 1.44. The van der Waals surface area contributed by atoms with Crippen LogP contribution in [0.2, 0.25) is 0 Å². The monoisotopic (exact) mass is 400 g/mol. The second-order valence-corrected chi connectivity index (χ2v) is 8.62. The highest BCUT2D eigenvalue weighted by molar-refractivity contribution is 5.13. The first-order chi connectivity index (χ1) is 14.3. The Balaban J connectivity index is 1.39. The molecule has 0 saturated carbocycles. The number of nitrogens with one attached hydrogen (secondary N) is 2. The lowest BCUT2D eigenvalue weighted by Crippen LogP contribution is -3.27.